The lowest BCUT2D eigenvalue weighted by Gasteiger charge is -2.03. The maximum absolute atomic E-state index is 5.77. The third-order valence-corrected chi connectivity index (χ3v) is 2.88. The van der Waals surface area contributed by atoms with Crippen molar-refractivity contribution in [2.24, 2.45) is 5.73 Å². The summed E-state index contributed by atoms with van der Waals surface area (Å²) in [5.41, 5.74) is 9.72. The third-order valence-electron chi connectivity index (χ3n) is 2.88. The number of hydrogen-bond acceptors (Lipinski definition) is 1. The van der Waals surface area contributed by atoms with Gasteiger partial charge in [-0.1, -0.05) is 18.2 Å². The molecule has 2 aromatic rings. The van der Waals surface area contributed by atoms with Gasteiger partial charge in [-0.3, -0.25) is 0 Å². The summed E-state index contributed by atoms with van der Waals surface area (Å²) < 4.78 is 0. The van der Waals surface area contributed by atoms with E-state index in [9.17, 15) is 0 Å². The quantitative estimate of drug-likeness (QED) is 0.789. The van der Waals surface area contributed by atoms with E-state index in [-0.39, 0.29) is 6.04 Å². The fourth-order valence-corrected chi connectivity index (χ4v) is 1.95. The first-order chi connectivity index (χ1) is 7.18. The minimum atomic E-state index is 0.278. The Morgan fingerprint density at radius 2 is 2.20 bits per heavy atom. The van der Waals surface area contributed by atoms with Gasteiger partial charge in [0.2, 0.25) is 0 Å². The molecule has 0 spiro atoms. The lowest BCUT2D eigenvalue weighted by molar-refractivity contribution is 0.668. The summed E-state index contributed by atoms with van der Waals surface area (Å²) in [6.07, 6.45) is 4.21. The molecule has 0 saturated carbocycles. The van der Waals surface area contributed by atoms with Gasteiger partial charge in [0.25, 0.3) is 0 Å². The highest BCUT2D eigenvalue weighted by atomic mass is 14.7. The number of fused-ring (bicyclic) bond motifs is 1. The fourth-order valence-electron chi connectivity index (χ4n) is 1.95. The van der Waals surface area contributed by atoms with Crippen molar-refractivity contribution in [2.75, 3.05) is 0 Å². The van der Waals surface area contributed by atoms with E-state index in [2.05, 4.69) is 43.2 Å². The van der Waals surface area contributed by atoms with E-state index < -0.39 is 0 Å². The van der Waals surface area contributed by atoms with Gasteiger partial charge in [0.15, 0.2) is 0 Å². The smallest absolute Gasteiger partial charge is 0.0486 e. The molecule has 0 aliphatic carbocycles. The zero-order chi connectivity index (χ0) is 10.8. The van der Waals surface area contributed by atoms with Gasteiger partial charge in [0.05, 0.1) is 0 Å². The highest BCUT2D eigenvalue weighted by Gasteiger charge is 2.05. The molecule has 1 heterocycles. The van der Waals surface area contributed by atoms with Gasteiger partial charge in [-0.25, -0.2) is 0 Å². The van der Waals surface area contributed by atoms with Crippen molar-refractivity contribution in [3.8, 4) is 0 Å². The predicted molar refractivity (Wildman–Crippen MR) is 65.0 cm³/mol. The Balaban J connectivity index is 2.33. The van der Waals surface area contributed by atoms with Crippen LogP contribution in [0.15, 0.2) is 24.4 Å². The monoisotopic (exact) mass is 202 g/mol. The van der Waals surface area contributed by atoms with Crippen LogP contribution in [0.4, 0.5) is 0 Å². The van der Waals surface area contributed by atoms with Crippen molar-refractivity contribution in [3.05, 3.63) is 35.5 Å². The van der Waals surface area contributed by atoms with Crippen molar-refractivity contribution >= 4 is 10.9 Å². The van der Waals surface area contributed by atoms with E-state index in [0.29, 0.717) is 0 Å². The van der Waals surface area contributed by atoms with Crippen LogP contribution in [0.2, 0.25) is 0 Å². The molecule has 15 heavy (non-hydrogen) atoms. The van der Waals surface area contributed by atoms with Crippen LogP contribution in [0.1, 0.15) is 24.5 Å². The number of hydrogen-bond donors (Lipinski definition) is 2. The molecule has 1 atom stereocenters. The van der Waals surface area contributed by atoms with E-state index in [1.54, 1.807) is 0 Å². The maximum atomic E-state index is 5.77. The zero-order valence-corrected chi connectivity index (χ0v) is 9.38. The standard InChI is InChI=1S/C13H18N2/c1-9-4-3-5-12-11(7-6-10(2)14)8-15-13(9)12/h3-5,8,10,15H,6-7,14H2,1-2H3/t10-/m1/s1. The summed E-state index contributed by atoms with van der Waals surface area (Å²) in [4.78, 5) is 3.34. The van der Waals surface area contributed by atoms with Gasteiger partial charge >= 0.3 is 0 Å². The number of nitrogens with one attached hydrogen (secondary N) is 1. The zero-order valence-electron chi connectivity index (χ0n) is 9.38. The van der Waals surface area contributed by atoms with E-state index in [1.807, 2.05) is 0 Å². The molecule has 1 aromatic carbocycles. The average molecular weight is 202 g/mol. The predicted octanol–water partition coefficient (Wildman–Crippen LogP) is 2.76. The second-order valence-electron chi connectivity index (χ2n) is 4.33. The summed E-state index contributed by atoms with van der Waals surface area (Å²) in [5, 5.41) is 1.34. The molecule has 0 unspecified atom stereocenters. The lowest BCUT2D eigenvalue weighted by atomic mass is 10.0. The Bertz CT molecular complexity index is 455. The Kier molecular flexibility index (Phi) is 2.78. The van der Waals surface area contributed by atoms with Crippen molar-refractivity contribution in [3.63, 3.8) is 0 Å². The maximum Gasteiger partial charge on any atom is 0.0486 e. The van der Waals surface area contributed by atoms with Gasteiger partial charge in [-0.05, 0) is 37.8 Å². The molecule has 0 radical (unpaired) electrons. The van der Waals surface area contributed by atoms with Crippen LogP contribution < -0.4 is 5.73 Å². The van der Waals surface area contributed by atoms with E-state index >= 15 is 0 Å². The van der Waals surface area contributed by atoms with Crippen LogP contribution in [0, 0.1) is 6.92 Å². The summed E-state index contributed by atoms with van der Waals surface area (Å²) in [6.45, 7) is 4.19. The number of benzene rings is 1. The van der Waals surface area contributed by atoms with Crippen LogP contribution in [0.3, 0.4) is 0 Å². The number of rotatable bonds is 3. The molecule has 0 saturated heterocycles. The molecule has 0 amide bonds. The number of aromatic nitrogens is 1. The molecule has 80 valence electrons. The molecule has 0 aliphatic rings. The molecular weight excluding hydrogens is 184 g/mol. The van der Waals surface area contributed by atoms with Crippen molar-refractivity contribution in [1.29, 1.82) is 0 Å². The molecule has 0 fully saturated rings. The minimum absolute atomic E-state index is 0.278. The van der Waals surface area contributed by atoms with Crippen molar-refractivity contribution in [2.45, 2.75) is 32.7 Å². The van der Waals surface area contributed by atoms with Crippen LogP contribution in [0.25, 0.3) is 10.9 Å². The highest BCUT2D eigenvalue weighted by molar-refractivity contribution is 5.85. The first kappa shape index (κ1) is 10.2. The molecule has 2 nitrogen and oxygen atoms in total. The molecular formula is C13H18N2. The van der Waals surface area contributed by atoms with Gasteiger partial charge < -0.3 is 10.7 Å². The molecule has 2 heteroatoms. The number of aryl methyl sites for hydroxylation is 2. The van der Waals surface area contributed by atoms with E-state index in [0.717, 1.165) is 12.8 Å². The SMILES string of the molecule is Cc1cccc2c(CC[C@@H](C)N)c[nH]c12. The normalized spacial score (nSPS) is 13.3. The summed E-state index contributed by atoms with van der Waals surface area (Å²) in [5.74, 6) is 0. The largest absolute Gasteiger partial charge is 0.361 e. The number of para-hydroxylation sites is 1. The molecule has 1 aromatic heterocycles. The van der Waals surface area contributed by atoms with Crippen LogP contribution in [-0.2, 0) is 6.42 Å². The van der Waals surface area contributed by atoms with Crippen LogP contribution in [-0.4, -0.2) is 11.0 Å². The van der Waals surface area contributed by atoms with Crippen molar-refractivity contribution < 1.29 is 0 Å². The Labute approximate surface area is 90.5 Å². The van der Waals surface area contributed by atoms with Crippen LogP contribution >= 0.6 is 0 Å². The number of aromatic amines is 1. The minimum Gasteiger partial charge on any atom is -0.361 e. The van der Waals surface area contributed by atoms with Gasteiger partial charge in [-0.15, -0.1) is 0 Å². The molecule has 2 rings (SSSR count). The average Bonchev–Trinajstić information content (AvgIpc) is 2.59. The van der Waals surface area contributed by atoms with E-state index in [1.165, 1.54) is 22.0 Å². The second-order valence-corrected chi connectivity index (χ2v) is 4.33. The Morgan fingerprint density at radius 3 is 2.93 bits per heavy atom. The molecule has 0 aliphatic heterocycles. The first-order valence-electron chi connectivity index (χ1n) is 5.49. The topological polar surface area (TPSA) is 41.8 Å². The Hall–Kier alpha value is -1.28. The van der Waals surface area contributed by atoms with Gasteiger partial charge in [0.1, 0.15) is 0 Å². The molecule has 0 bridgehead atoms. The lowest BCUT2D eigenvalue weighted by Crippen LogP contribution is -2.15. The summed E-state index contributed by atoms with van der Waals surface area (Å²) >= 11 is 0. The fraction of sp³-hybridized carbons (Fsp3) is 0.385. The Morgan fingerprint density at radius 1 is 1.40 bits per heavy atom. The molecule has 3 N–H and O–H groups in total. The van der Waals surface area contributed by atoms with Crippen LogP contribution in [0.5, 0.6) is 0 Å². The van der Waals surface area contributed by atoms with Gasteiger partial charge in [0, 0.05) is 23.1 Å². The summed E-state index contributed by atoms with van der Waals surface area (Å²) in [7, 11) is 0. The number of H-pyrrole nitrogens is 1. The second kappa shape index (κ2) is 4.07. The first-order valence-corrected chi connectivity index (χ1v) is 5.49. The van der Waals surface area contributed by atoms with Gasteiger partial charge in [-0.2, -0.15) is 0 Å². The van der Waals surface area contributed by atoms with E-state index in [4.69, 9.17) is 5.73 Å². The highest BCUT2D eigenvalue weighted by Crippen LogP contribution is 2.22. The summed E-state index contributed by atoms with van der Waals surface area (Å²) in [6, 6.07) is 6.70. The third kappa shape index (κ3) is 2.05. The number of nitrogens with two attached hydrogens (primary N) is 1. The van der Waals surface area contributed by atoms with Crippen molar-refractivity contribution in [1.82, 2.24) is 4.98 Å².